The van der Waals surface area contributed by atoms with Gasteiger partial charge in [0.25, 0.3) is 0 Å². The van der Waals surface area contributed by atoms with Gasteiger partial charge in [-0.25, -0.2) is 4.39 Å². The second-order valence-corrected chi connectivity index (χ2v) is 2.32. The molecule has 50 valence electrons. The van der Waals surface area contributed by atoms with Gasteiger partial charge in [0, 0.05) is 6.04 Å². The van der Waals surface area contributed by atoms with Crippen molar-refractivity contribution in [1.82, 2.24) is 0 Å². The zero-order chi connectivity index (χ0) is 6.85. The van der Waals surface area contributed by atoms with Crippen LogP contribution < -0.4 is 5.73 Å². The summed E-state index contributed by atoms with van der Waals surface area (Å²) in [6.45, 7) is 1.84. The zero-order valence-electron chi connectivity index (χ0n) is 5.39. The summed E-state index contributed by atoms with van der Waals surface area (Å²) < 4.78 is 12.3. The second kappa shape index (κ2) is 2.31. The van der Waals surface area contributed by atoms with Crippen molar-refractivity contribution in [1.29, 1.82) is 0 Å². The van der Waals surface area contributed by atoms with Crippen molar-refractivity contribution in [3.63, 3.8) is 0 Å². The quantitative estimate of drug-likeness (QED) is 0.524. The fraction of sp³-hybridized carbons (Fsp3) is 0.429. The Morgan fingerprint density at radius 1 is 1.78 bits per heavy atom. The van der Waals surface area contributed by atoms with Crippen molar-refractivity contribution in [3.8, 4) is 0 Å². The van der Waals surface area contributed by atoms with Crippen LogP contribution in [0.1, 0.15) is 13.3 Å². The lowest BCUT2D eigenvalue weighted by Gasteiger charge is -2.12. The van der Waals surface area contributed by atoms with Crippen LogP contribution in [-0.4, -0.2) is 6.04 Å². The summed E-state index contributed by atoms with van der Waals surface area (Å²) in [7, 11) is 0. The van der Waals surface area contributed by atoms with Gasteiger partial charge in [-0.2, -0.15) is 0 Å². The van der Waals surface area contributed by atoms with Gasteiger partial charge in [0.2, 0.25) is 0 Å². The minimum absolute atomic E-state index is 0.0319. The predicted octanol–water partition coefficient (Wildman–Crippen LogP) is 1.52. The summed E-state index contributed by atoms with van der Waals surface area (Å²) in [5, 5.41) is 0. The van der Waals surface area contributed by atoms with Crippen molar-refractivity contribution < 1.29 is 4.39 Å². The molecule has 0 aromatic heterocycles. The van der Waals surface area contributed by atoms with E-state index < -0.39 is 0 Å². The highest BCUT2D eigenvalue weighted by Gasteiger charge is 2.08. The number of halogens is 1. The van der Waals surface area contributed by atoms with E-state index in [0.29, 0.717) is 6.42 Å². The maximum absolute atomic E-state index is 12.3. The molecule has 9 heavy (non-hydrogen) atoms. The van der Waals surface area contributed by atoms with Crippen molar-refractivity contribution in [2.24, 2.45) is 5.73 Å². The molecule has 2 heteroatoms. The molecule has 1 aliphatic rings. The van der Waals surface area contributed by atoms with Gasteiger partial charge < -0.3 is 5.73 Å². The van der Waals surface area contributed by atoms with E-state index >= 15 is 0 Å². The molecule has 0 heterocycles. The molecule has 0 aromatic rings. The van der Waals surface area contributed by atoms with Crippen LogP contribution in [0.5, 0.6) is 0 Å². The van der Waals surface area contributed by atoms with Crippen LogP contribution in [0.15, 0.2) is 23.6 Å². The summed E-state index contributed by atoms with van der Waals surface area (Å²) in [5.74, 6) is -0.158. The Bertz CT molecular complexity index is 170. The van der Waals surface area contributed by atoms with Crippen molar-refractivity contribution in [2.75, 3.05) is 0 Å². The monoisotopic (exact) mass is 127 g/mol. The Morgan fingerprint density at radius 3 is 2.89 bits per heavy atom. The van der Waals surface area contributed by atoms with E-state index in [1.54, 1.807) is 0 Å². The maximum atomic E-state index is 12.3. The van der Waals surface area contributed by atoms with Crippen LogP contribution >= 0.6 is 0 Å². The third-order valence-electron chi connectivity index (χ3n) is 1.52. The fourth-order valence-corrected chi connectivity index (χ4v) is 0.809. The van der Waals surface area contributed by atoms with Crippen LogP contribution in [0.3, 0.4) is 0 Å². The minimum Gasteiger partial charge on any atom is -0.324 e. The Labute approximate surface area is 54.0 Å². The van der Waals surface area contributed by atoms with Crippen LogP contribution in [0.25, 0.3) is 0 Å². The molecule has 0 saturated carbocycles. The summed E-state index contributed by atoms with van der Waals surface area (Å²) in [6.07, 6.45) is 3.62. The molecule has 0 saturated heterocycles. The molecule has 1 atom stereocenters. The molecular weight excluding hydrogens is 117 g/mol. The molecule has 1 rings (SSSR count). The highest BCUT2D eigenvalue weighted by atomic mass is 19.1. The fourth-order valence-electron chi connectivity index (χ4n) is 0.809. The van der Waals surface area contributed by atoms with Crippen LogP contribution in [-0.2, 0) is 0 Å². The van der Waals surface area contributed by atoms with Gasteiger partial charge in [-0.3, -0.25) is 0 Å². The van der Waals surface area contributed by atoms with Gasteiger partial charge in [-0.15, -0.1) is 0 Å². The standard InChI is InChI=1S/C7H10FN/c1-5-4-6(8)2-3-7(5)9/h2,4,7H,3,9H2,1H3. The highest BCUT2D eigenvalue weighted by Crippen LogP contribution is 2.15. The molecule has 0 radical (unpaired) electrons. The first-order valence-electron chi connectivity index (χ1n) is 2.99. The van der Waals surface area contributed by atoms with Crippen LogP contribution in [0.4, 0.5) is 4.39 Å². The Balaban J connectivity index is 2.74. The summed E-state index contributed by atoms with van der Waals surface area (Å²) in [5.41, 5.74) is 6.49. The number of hydrogen-bond acceptors (Lipinski definition) is 1. The largest absolute Gasteiger partial charge is 0.324 e. The topological polar surface area (TPSA) is 26.0 Å². The summed E-state index contributed by atoms with van der Waals surface area (Å²) >= 11 is 0. The van der Waals surface area contributed by atoms with Crippen molar-refractivity contribution in [2.45, 2.75) is 19.4 Å². The minimum atomic E-state index is -0.158. The SMILES string of the molecule is CC1=CC(F)=CCC1N. The van der Waals surface area contributed by atoms with E-state index in [9.17, 15) is 4.39 Å². The molecule has 0 spiro atoms. The van der Waals surface area contributed by atoms with E-state index in [4.69, 9.17) is 5.73 Å². The highest BCUT2D eigenvalue weighted by molar-refractivity contribution is 5.25. The van der Waals surface area contributed by atoms with Crippen molar-refractivity contribution >= 4 is 0 Å². The van der Waals surface area contributed by atoms with Gasteiger partial charge >= 0.3 is 0 Å². The van der Waals surface area contributed by atoms with E-state index in [2.05, 4.69) is 0 Å². The van der Waals surface area contributed by atoms with Gasteiger partial charge in [-0.1, -0.05) is 5.57 Å². The van der Waals surface area contributed by atoms with Gasteiger partial charge in [0.15, 0.2) is 0 Å². The normalized spacial score (nSPS) is 27.2. The number of nitrogens with two attached hydrogens (primary N) is 1. The zero-order valence-corrected chi connectivity index (χ0v) is 5.39. The summed E-state index contributed by atoms with van der Waals surface area (Å²) in [6, 6.07) is 0.0319. The molecule has 0 amide bonds. The number of hydrogen-bond donors (Lipinski definition) is 1. The molecule has 1 nitrogen and oxygen atoms in total. The average Bonchev–Trinajstić information content (AvgIpc) is 1.80. The van der Waals surface area contributed by atoms with Crippen LogP contribution in [0.2, 0.25) is 0 Å². The van der Waals surface area contributed by atoms with E-state index in [-0.39, 0.29) is 11.9 Å². The molecule has 1 unspecified atom stereocenters. The third kappa shape index (κ3) is 1.39. The van der Waals surface area contributed by atoms with E-state index in [1.807, 2.05) is 6.92 Å². The molecule has 2 N–H and O–H groups in total. The van der Waals surface area contributed by atoms with E-state index in [0.717, 1.165) is 5.57 Å². The molecule has 0 fully saturated rings. The number of rotatable bonds is 0. The lowest BCUT2D eigenvalue weighted by Crippen LogP contribution is -2.22. The lowest BCUT2D eigenvalue weighted by molar-refractivity contribution is 0.631. The van der Waals surface area contributed by atoms with Crippen LogP contribution in [0, 0.1) is 0 Å². The first kappa shape index (κ1) is 6.49. The molecule has 1 aliphatic carbocycles. The Morgan fingerprint density at radius 2 is 2.44 bits per heavy atom. The molecule has 0 bridgehead atoms. The van der Waals surface area contributed by atoms with E-state index in [1.165, 1.54) is 12.2 Å². The second-order valence-electron chi connectivity index (χ2n) is 2.32. The molecule has 0 aromatic carbocycles. The smallest absolute Gasteiger partial charge is 0.119 e. The average molecular weight is 127 g/mol. The molecular formula is C7H10FN. The predicted molar refractivity (Wildman–Crippen MR) is 35.5 cm³/mol. The molecule has 0 aliphatic heterocycles. The van der Waals surface area contributed by atoms with Gasteiger partial charge in [-0.05, 0) is 25.5 Å². The Kier molecular flexibility index (Phi) is 1.67. The van der Waals surface area contributed by atoms with Crippen molar-refractivity contribution in [3.05, 3.63) is 23.6 Å². The third-order valence-corrected chi connectivity index (χ3v) is 1.52. The first-order valence-corrected chi connectivity index (χ1v) is 2.99. The van der Waals surface area contributed by atoms with Gasteiger partial charge in [0.05, 0.1) is 0 Å². The first-order chi connectivity index (χ1) is 4.20. The Hall–Kier alpha value is -0.630. The van der Waals surface area contributed by atoms with Gasteiger partial charge in [0.1, 0.15) is 5.83 Å². The maximum Gasteiger partial charge on any atom is 0.119 e. The lowest BCUT2D eigenvalue weighted by atomic mass is 10.0. The number of allylic oxidation sites excluding steroid dienone is 2. The summed E-state index contributed by atoms with van der Waals surface area (Å²) in [4.78, 5) is 0.